The van der Waals surface area contributed by atoms with Gasteiger partial charge in [-0.25, -0.2) is 4.79 Å². The largest absolute Gasteiger partial charge is 0.467 e. The molecule has 0 spiro atoms. The normalized spacial score (nSPS) is 10.7. The summed E-state index contributed by atoms with van der Waals surface area (Å²) in [5.74, 6) is 0.103. The molecule has 0 fully saturated rings. The summed E-state index contributed by atoms with van der Waals surface area (Å²) in [4.78, 5) is 24.7. The number of carbonyl (C=O) groups is 2. The second-order valence-corrected chi connectivity index (χ2v) is 7.09. The maximum atomic E-state index is 12.5. The van der Waals surface area contributed by atoms with Gasteiger partial charge in [0.25, 0.3) is 0 Å². The number of aromatic nitrogens is 1. The molecule has 0 aliphatic heterocycles. The zero-order valence-corrected chi connectivity index (χ0v) is 16.6. The Morgan fingerprint density at radius 3 is 2.58 bits per heavy atom. The van der Waals surface area contributed by atoms with Crippen LogP contribution in [0.5, 0.6) is 0 Å². The molecule has 0 unspecified atom stereocenters. The van der Waals surface area contributed by atoms with Crippen molar-refractivity contribution in [3.8, 4) is 0 Å². The first kappa shape index (κ1) is 18.4. The number of halogens is 1. The molecule has 5 nitrogen and oxygen atoms in total. The summed E-state index contributed by atoms with van der Waals surface area (Å²) in [6.07, 6.45) is 1.62. The number of ether oxygens (including phenoxy) is 1. The molecule has 0 atom stereocenters. The SMILES string of the molecule is Cc1cc(C(=O)COC(=O)c2ccccc2I)c(C)n1Cc1ccco1. The van der Waals surface area contributed by atoms with E-state index in [1.807, 2.05) is 48.7 Å². The maximum Gasteiger partial charge on any atom is 0.339 e. The predicted molar refractivity (Wildman–Crippen MR) is 105 cm³/mol. The van der Waals surface area contributed by atoms with Crippen molar-refractivity contribution in [2.75, 3.05) is 6.61 Å². The molecule has 2 aromatic heterocycles. The van der Waals surface area contributed by atoms with Crippen molar-refractivity contribution in [1.29, 1.82) is 0 Å². The molecule has 3 aromatic rings. The quantitative estimate of drug-likeness (QED) is 0.309. The Morgan fingerprint density at radius 2 is 1.88 bits per heavy atom. The van der Waals surface area contributed by atoms with E-state index in [9.17, 15) is 9.59 Å². The number of nitrogens with zero attached hydrogens (tertiary/aromatic N) is 1. The average molecular weight is 463 g/mol. The molecule has 0 amide bonds. The van der Waals surface area contributed by atoms with Gasteiger partial charge in [-0.1, -0.05) is 12.1 Å². The summed E-state index contributed by atoms with van der Waals surface area (Å²) in [6.45, 7) is 4.09. The number of carbonyl (C=O) groups excluding carboxylic acids is 2. The summed E-state index contributed by atoms with van der Waals surface area (Å²) in [6, 6.07) is 12.7. The van der Waals surface area contributed by atoms with Crippen LogP contribution >= 0.6 is 22.6 Å². The van der Waals surface area contributed by atoms with Crippen molar-refractivity contribution in [3.63, 3.8) is 0 Å². The summed E-state index contributed by atoms with van der Waals surface area (Å²) >= 11 is 2.07. The Hall–Kier alpha value is -2.35. The Morgan fingerprint density at radius 1 is 1.12 bits per heavy atom. The van der Waals surface area contributed by atoms with Crippen molar-refractivity contribution in [3.05, 3.63) is 80.6 Å². The van der Waals surface area contributed by atoms with E-state index >= 15 is 0 Å². The molecule has 2 heterocycles. The molecule has 6 heteroatoms. The molecule has 0 N–H and O–H groups in total. The highest BCUT2D eigenvalue weighted by atomic mass is 127. The Balaban J connectivity index is 1.70. The Bertz CT molecular complexity index is 941. The number of esters is 1. The van der Waals surface area contributed by atoms with Crippen molar-refractivity contribution >= 4 is 34.3 Å². The van der Waals surface area contributed by atoms with Gasteiger partial charge >= 0.3 is 5.97 Å². The van der Waals surface area contributed by atoms with Crippen LogP contribution < -0.4 is 0 Å². The third kappa shape index (κ3) is 3.90. The Labute approximate surface area is 165 Å². The molecule has 0 saturated heterocycles. The van der Waals surface area contributed by atoms with Gasteiger partial charge in [0.05, 0.1) is 18.4 Å². The predicted octanol–water partition coefficient (Wildman–Crippen LogP) is 4.39. The molecule has 0 aliphatic rings. The molecule has 0 aliphatic carbocycles. The zero-order valence-electron chi connectivity index (χ0n) is 14.5. The monoisotopic (exact) mass is 463 g/mol. The molecule has 0 radical (unpaired) electrons. The van der Waals surface area contributed by atoms with Gasteiger partial charge in [0.1, 0.15) is 5.76 Å². The van der Waals surface area contributed by atoms with Crippen LogP contribution in [0, 0.1) is 17.4 Å². The van der Waals surface area contributed by atoms with Crippen LogP contribution in [-0.2, 0) is 11.3 Å². The second kappa shape index (κ2) is 7.90. The summed E-state index contributed by atoms with van der Waals surface area (Å²) < 4.78 is 13.4. The number of hydrogen-bond donors (Lipinski definition) is 0. The number of benzene rings is 1. The van der Waals surface area contributed by atoms with Gasteiger partial charge in [-0.15, -0.1) is 0 Å². The highest BCUT2D eigenvalue weighted by Gasteiger charge is 2.19. The number of aryl methyl sites for hydroxylation is 1. The molecule has 1 aromatic carbocycles. The summed E-state index contributed by atoms with van der Waals surface area (Å²) in [5, 5.41) is 0. The first-order valence-electron chi connectivity index (χ1n) is 8.11. The van der Waals surface area contributed by atoms with Crippen LogP contribution in [0.1, 0.15) is 37.9 Å². The van der Waals surface area contributed by atoms with Crippen LogP contribution in [-0.4, -0.2) is 22.9 Å². The van der Waals surface area contributed by atoms with Gasteiger partial charge in [0.2, 0.25) is 5.78 Å². The summed E-state index contributed by atoms with van der Waals surface area (Å²) in [5.41, 5.74) is 2.80. The lowest BCUT2D eigenvalue weighted by Crippen LogP contribution is -2.16. The fourth-order valence-corrected chi connectivity index (χ4v) is 3.41. The number of Topliss-reactive ketones (excluding diaryl/α,β-unsaturated/α-hetero) is 1. The number of hydrogen-bond acceptors (Lipinski definition) is 4. The molecule has 3 rings (SSSR count). The third-order valence-electron chi connectivity index (χ3n) is 4.20. The second-order valence-electron chi connectivity index (χ2n) is 5.93. The first-order chi connectivity index (χ1) is 12.5. The molecular formula is C20H18INO4. The molecular weight excluding hydrogens is 445 g/mol. The van der Waals surface area contributed by atoms with Crippen LogP contribution in [0.15, 0.2) is 53.1 Å². The Kier molecular flexibility index (Phi) is 5.61. The highest BCUT2D eigenvalue weighted by molar-refractivity contribution is 14.1. The third-order valence-corrected chi connectivity index (χ3v) is 5.14. The van der Waals surface area contributed by atoms with Crippen molar-refractivity contribution in [2.24, 2.45) is 0 Å². The minimum Gasteiger partial charge on any atom is -0.467 e. The highest BCUT2D eigenvalue weighted by Crippen LogP contribution is 2.19. The van der Waals surface area contributed by atoms with Crippen LogP contribution in [0.3, 0.4) is 0 Å². The molecule has 26 heavy (non-hydrogen) atoms. The van der Waals surface area contributed by atoms with Gasteiger partial charge in [-0.3, -0.25) is 4.79 Å². The first-order valence-corrected chi connectivity index (χ1v) is 9.19. The van der Waals surface area contributed by atoms with Gasteiger partial charge in [-0.05, 0) is 66.8 Å². The van der Waals surface area contributed by atoms with Crippen molar-refractivity contribution < 1.29 is 18.7 Å². The van der Waals surface area contributed by atoms with E-state index in [0.29, 0.717) is 17.7 Å². The van der Waals surface area contributed by atoms with Crippen LogP contribution in [0.4, 0.5) is 0 Å². The van der Waals surface area contributed by atoms with E-state index in [1.54, 1.807) is 18.4 Å². The van der Waals surface area contributed by atoms with E-state index in [1.165, 1.54) is 0 Å². The van der Waals surface area contributed by atoms with E-state index < -0.39 is 5.97 Å². The minimum atomic E-state index is -0.493. The molecule has 0 saturated carbocycles. The molecule has 0 bridgehead atoms. The average Bonchev–Trinajstić information content (AvgIpc) is 3.23. The maximum absolute atomic E-state index is 12.5. The number of furan rings is 1. The van der Waals surface area contributed by atoms with Gasteiger partial charge in [0.15, 0.2) is 6.61 Å². The summed E-state index contributed by atoms with van der Waals surface area (Å²) in [7, 11) is 0. The van der Waals surface area contributed by atoms with E-state index in [0.717, 1.165) is 20.7 Å². The van der Waals surface area contributed by atoms with Crippen LogP contribution in [0.2, 0.25) is 0 Å². The fraction of sp³-hybridized carbons (Fsp3) is 0.200. The van der Waals surface area contributed by atoms with E-state index in [4.69, 9.17) is 9.15 Å². The van der Waals surface area contributed by atoms with Gasteiger partial charge in [-0.2, -0.15) is 0 Å². The number of ketones is 1. The standard InChI is InChI=1S/C20H18INO4/c1-13-10-17(14(2)22(13)11-15-6-5-9-25-15)19(23)12-26-20(24)16-7-3-4-8-18(16)21/h3-10H,11-12H2,1-2H3. The van der Waals surface area contributed by atoms with Gasteiger partial charge < -0.3 is 13.7 Å². The number of rotatable bonds is 6. The van der Waals surface area contributed by atoms with E-state index in [-0.39, 0.29) is 12.4 Å². The molecule has 134 valence electrons. The zero-order chi connectivity index (χ0) is 18.7. The lowest BCUT2D eigenvalue weighted by Gasteiger charge is -2.08. The van der Waals surface area contributed by atoms with E-state index in [2.05, 4.69) is 22.6 Å². The lowest BCUT2D eigenvalue weighted by molar-refractivity contribution is 0.0473. The lowest BCUT2D eigenvalue weighted by atomic mass is 10.1. The van der Waals surface area contributed by atoms with Crippen molar-refractivity contribution in [1.82, 2.24) is 4.57 Å². The minimum absolute atomic E-state index is 0.219. The van der Waals surface area contributed by atoms with Gasteiger partial charge in [0, 0.05) is 20.5 Å². The topological polar surface area (TPSA) is 61.4 Å². The fourth-order valence-electron chi connectivity index (χ4n) is 2.80. The van der Waals surface area contributed by atoms with Crippen molar-refractivity contribution in [2.45, 2.75) is 20.4 Å². The van der Waals surface area contributed by atoms with Crippen LogP contribution in [0.25, 0.3) is 0 Å². The smallest absolute Gasteiger partial charge is 0.339 e.